The number of hydrogen-bond acceptors (Lipinski definition) is 2. The van der Waals surface area contributed by atoms with Gasteiger partial charge in [-0.2, -0.15) is 0 Å². The first-order chi connectivity index (χ1) is 2.27. The topological polar surface area (TPSA) is 44.8 Å². The van der Waals surface area contributed by atoms with Crippen LogP contribution >= 0.6 is 0 Å². The van der Waals surface area contributed by atoms with E-state index in [1.54, 1.807) is 0 Å². The molecule has 3 nitrogen and oxygen atoms in total. The molecule has 5 heavy (non-hydrogen) atoms. The van der Waals surface area contributed by atoms with Crippen molar-refractivity contribution < 1.29 is 10.0 Å². The minimum atomic E-state index is -1.82. The van der Waals surface area contributed by atoms with Crippen molar-refractivity contribution in [2.24, 2.45) is 0 Å². The van der Waals surface area contributed by atoms with Gasteiger partial charge in [0.05, 0.1) is 0 Å². The molecule has 0 bridgehead atoms. The molecule has 0 aromatic carbocycles. The Bertz CT molecular complexity index is 55.2. The fourth-order valence-corrected chi connectivity index (χ4v) is 0. The molecular weight excluding hydrogens is 68.8 g/mol. The standard InChI is InChI=1S/CH2BNO2/c1-3-2(4)5/h4-5H. The lowest BCUT2D eigenvalue weighted by molar-refractivity contribution is 0.423. The van der Waals surface area contributed by atoms with Crippen LogP contribution < -0.4 is 0 Å². The predicted octanol–water partition coefficient (Wildman–Crippen LogP) is -1.12. The van der Waals surface area contributed by atoms with Crippen molar-refractivity contribution in [2.75, 3.05) is 0 Å². The van der Waals surface area contributed by atoms with E-state index in [9.17, 15) is 0 Å². The minimum Gasteiger partial charge on any atom is -0.362 e. The summed E-state index contributed by atoms with van der Waals surface area (Å²) >= 11 is 0. The Morgan fingerprint density at radius 3 is 1.80 bits per heavy atom. The van der Waals surface area contributed by atoms with Crippen LogP contribution in [0.15, 0.2) is 0 Å². The predicted molar refractivity (Wildman–Crippen MR) is 16.8 cm³/mol. The number of hydrogen-bond donors (Lipinski definition) is 2. The third-order valence-corrected chi connectivity index (χ3v) is 0.115. The fourth-order valence-electron chi connectivity index (χ4n) is 0. The lowest BCUT2D eigenvalue weighted by Crippen LogP contribution is -2.01. The van der Waals surface area contributed by atoms with E-state index >= 15 is 0 Å². The van der Waals surface area contributed by atoms with Crippen LogP contribution in [0.25, 0.3) is 4.76 Å². The molecule has 0 atom stereocenters. The number of nitrogens with zero attached hydrogens (tertiary/aromatic N) is 1. The van der Waals surface area contributed by atoms with Crippen LogP contribution in [0.4, 0.5) is 0 Å². The van der Waals surface area contributed by atoms with E-state index in [0.29, 0.717) is 0 Å². The van der Waals surface area contributed by atoms with E-state index in [1.807, 2.05) is 0 Å². The highest BCUT2D eigenvalue weighted by atomic mass is 16.4. The average Bonchev–Trinajstić information content (AvgIpc) is 1.38. The van der Waals surface area contributed by atoms with Gasteiger partial charge >= 0.3 is 7.25 Å². The van der Waals surface area contributed by atoms with Crippen molar-refractivity contribution >= 4 is 7.25 Å². The monoisotopic (exact) mass is 71.0 g/mol. The van der Waals surface area contributed by atoms with Crippen LogP contribution in [0.5, 0.6) is 0 Å². The molecular formula is CH2BNO2. The van der Waals surface area contributed by atoms with E-state index in [1.165, 1.54) is 0 Å². The van der Waals surface area contributed by atoms with Crippen molar-refractivity contribution in [3.63, 3.8) is 0 Å². The summed E-state index contributed by atoms with van der Waals surface area (Å²) in [6.45, 7) is 5.78. The Hall–Kier alpha value is -0.525. The van der Waals surface area contributed by atoms with E-state index in [0.717, 1.165) is 0 Å². The Morgan fingerprint density at radius 2 is 1.80 bits per heavy atom. The first-order valence-electron chi connectivity index (χ1n) is 0.998. The number of rotatable bonds is 0. The van der Waals surface area contributed by atoms with Crippen LogP contribution in [0.3, 0.4) is 0 Å². The summed E-state index contributed by atoms with van der Waals surface area (Å²) in [5, 5.41) is 15.1. The zero-order valence-corrected chi connectivity index (χ0v) is 2.42. The van der Waals surface area contributed by atoms with Gasteiger partial charge in [0.25, 0.3) is 0 Å². The molecule has 0 heterocycles. The second-order valence-electron chi connectivity index (χ2n) is 0.476. The smallest absolute Gasteiger partial charge is 0.362 e. The summed E-state index contributed by atoms with van der Waals surface area (Å²) < 4.78 is 2.25. The Balaban J connectivity index is 2.94. The Kier molecular flexibility index (Phi) is 1.58. The van der Waals surface area contributed by atoms with Crippen molar-refractivity contribution in [3.8, 4) is 0 Å². The zero-order chi connectivity index (χ0) is 4.28. The molecule has 0 aliphatic rings. The first-order valence-corrected chi connectivity index (χ1v) is 0.998. The Labute approximate surface area is 29.8 Å². The minimum absolute atomic E-state index is 1.82. The molecule has 0 saturated carbocycles. The van der Waals surface area contributed by atoms with Gasteiger partial charge in [0.2, 0.25) is 0 Å². The van der Waals surface area contributed by atoms with Gasteiger partial charge in [-0.25, -0.2) is 0 Å². The third kappa shape index (κ3) is 3.47. The molecule has 0 saturated heterocycles. The molecule has 0 fully saturated rings. The van der Waals surface area contributed by atoms with Crippen molar-refractivity contribution in [3.05, 3.63) is 11.3 Å². The summed E-state index contributed by atoms with van der Waals surface area (Å²) in [6, 6.07) is 0. The lowest BCUT2D eigenvalue weighted by atomic mass is 10.2. The first kappa shape index (κ1) is 4.47. The largest absolute Gasteiger partial charge is 0.937 e. The maximum absolute atomic E-state index is 7.56. The van der Waals surface area contributed by atoms with Crippen LogP contribution in [-0.4, -0.2) is 17.3 Å². The second-order valence-corrected chi connectivity index (χ2v) is 0.476. The maximum Gasteiger partial charge on any atom is 0.937 e. The van der Waals surface area contributed by atoms with E-state index < -0.39 is 7.25 Å². The second kappa shape index (κ2) is 1.76. The molecule has 0 unspecified atom stereocenters. The third-order valence-electron chi connectivity index (χ3n) is 0.115. The van der Waals surface area contributed by atoms with Gasteiger partial charge in [-0.05, 0) is 0 Å². The molecule has 0 aliphatic carbocycles. The van der Waals surface area contributed by atoms with Crippen LogP contribution in [0.1, 0.15) is 0 Å². The quantitative estimate of drug-likeness (QED) is 0.280. The normalized spacial score (nSPS) is 5.80. The van der Waals surface area contributed by atoms with E-state index in [2.05, 4.69) is 4.76 Å². The molecule has 26 valence electrons. The summed E-state index contributed by atoms with van der Waals surface area (Å²) in [7, 11) is -1.82. The van der Waals surface area contributed by atoms with Crippen LogP contribution in [0.2, 0.25) is 0 Å². The summed E-state index contributed by atoms with van der Waals surface area (Å²) in [6.07, 6.45) is 0. The molecule has 0 aliphatic heterocycles. The van der Waals surface area contributed by atoms with Crippen LogP contribution in [-0.2, 0) is 0 Å². The molecule has 0 amide bonds. The van der Waals surface area contributed by atoms with Gasteiger partial charge in [-0.1, -0.05) is 0 Å². The molecule has 0 spiro atoms. The zero-order valence-electron chi connectivity index (χ0n) is 2.42. The van der Waals surface area contributed by atoms with Gasteiger partial charge in [-0.15, -0.1) is 0 Å². The summed E-state index contributed by atoms with van der Waals surface area (Å²) in [5.41, 5.74) is 0. The SMILES string of the molecule is [C-]#[N+]B(O)O. The average molecular weight is 70.8 g/mol. The fraction of sp³-hybridized carbons (Fsp3) is 0. The molecule has 0 aromatic rings. The molecule has 0 rings (SSSR count). The van der Waals surface area contributed by atoms with Gasteiger partial charge in [0.1, 0.15) is 0 Å². The maximum atomic E-state index is 7.56. The van der Waals surface area contributed by atoms with Gasteiger partial charge in [0.15, 0.2) is 0 Å². The molecule has 2 N–H and O–H groups in total. The highest BCUT2D eigenvalue weighted by Gasteiger charge is 2.16. The molecule has 0 radical (unpaired) electrons. The van der Waals surface area contributed by atoms with E-state index in [4.69, 9.17) is 16.6 Å². The highest BCUT2D eigenvalue weighted by Crippen LogP contribution is 1.60. The van der Waals surface area contributed by atoms with Crippen LogP contribution in [0, 0.1) is 6.57 Å². The van der Waals surface area contributed by atoms with Gasteiger partial charge < -0.3 is 14.8 Å². The molecule has 0 aromatic heterocycles. The molecule has 4 heteroatoms. The van der Waals surface area contributed by atoms with E-state index in [-0.39, 0.29) is 0 Å². The van der Waals surface area contributed by atoms with Crippen molar-refractivity contribution in [2.45, 2.75) is 0 Å². The highest BCUT2D eigenvalue weighted by molar-refractivity contribution is 6.45. The van der Waals surface area contributed by atoms with Gasteiger partial charge in [-0.3, -0.25) is 6.57 Å². The lowest BCUT2D eigenvalue weighted by Gasteiger charge is -1.62. The summed E-state index contributed by atoms with van der Waals surface area (Å²) in [4.78, 5) is 0. The van der Waals surface area contributed by atoms with Crippen molar-refractivity contribution in [1.29, 1.82) is 0 Å². The Morgan fingerprint density at radius 1 is 1.60 bits per heavy atom. The summed E-state index contributed by atoms with van der Waals surface area (Å²) in [5.74, 6) is 0. The van der Waals surface area contributed by atoms with Gasteiger partial charge in [0, 0.05) is 0 Å². The van der Waals surface area contributed by atoms with Crippen molar-refractivity contribution in [1.82, 2.24) is 0 Å².